The molecular formula is C4H9P. The standard InChI is InChI=1S/C4H9P/c1-4-2-3-5-4/h4-5H,2-3H2,1H3. The van der Waals surface area contributed by atoms with E-state index in [2.05, 4.69) is 6.92 Å². The highest BCUT2D eigenvalue weighted by atomic mass is 31.1. The van der Waals surface area contributed by atoms with E-state index in [1.54, 1.807) is 0 Å². The zero-order valence-corrected chi connectivity index (χ0v) is 4.49. The number of hydrogen-bond acceptors (Lipinski definition) is 0. The first-order valence-corrected chi connectivity index (χ1v) is 3.41. The second-order valence-corrected chi connectivity index (χ2v) is 3.54. The molecule has 0 aliphatic carbocycles. The van der Waals surface area contributed by atoms with Gasteiger partial charge in [0.2, 0.25) is 0 Å². The lowest BCUT2D eigenvalue weighted by Gasteiger charge is -2.19. The zero-order valence-electron chi connectivity index (χ0n) is 3.49. The third-order valence-electron chi connectivity index (χ3n) is 1.07. The van der Waals surface area contributed by atoms with Crippen LogP contribution in [0.4, 0.5) is 0 Å². The Hall–Kier alpha value is 0.430. The van der Waals surface area contributed by atoms with Crippen molar-refractivity contribution in [1.82, 2.24) is 0 Å². The largest absolute Gasteiger partial charge is 0.119 e. The summed E-state index contributed by atoms with van der Waals surface area (Å²) in [6.07, 6.45) is 3.01. The molecule has 1 heterocycles. The van der Waals surface area contributed by atoms with E-state index in [9.17, 15) is 0 Å². The Labute approximate surface area is 34.7 Å². The van der Waals surface area contributed by atoms with Crippen molar-refractivity contribution in [3.63, 3.8) is 0 Å². The summed E-state index contributed by atoms with van der Waals surface area (Å²) in [6.45, 7) is 2.32. The lowest BCUT2D eigenvalue weighted by atomic mass is 10.3. The summed E-state index contributed by atoms with van der Waals surface area (Å²) in [5, 5.41) is 0. The smallest absolute Gasteiger partial charge is 0.0262 e. The molecule has 0 radical (unpaired) electrons. The molecule has 0 N–H and O–H groups in total. The summed E-state index contributed by atoms with van der Waals surface area (Å²) < 4.78 is 0. The number of rotatable bonds is 0. The van der Waals surface area contributed by atoms with E-state index in [1.807, 2.05) is 0 Å². The lowest BCUT2D eigenvalue weighted by Crippen LogP contribution is -2.06. The van der Waals surface area contributed by atoms with Crippen LogP contribution in [0.3, 0.4) is 0 Å². The molecule has 2 atom stereocenters. The fraction of sp³-hybridized carbons (Fsp3) is 1.00. The molecule has 0 spiro atoms. The van der Waals surface area contributed by atoms with Crippen LogP contribution < -0.4 is 0 Å². The molecule has 30 valence electrons. The average molecular weight is 88.1 g/mol. The minimum atomic E-state index is 1.09. The van der Waals surface area contributed by atoms with Crippen LogP contribution in [0.15, 0.2) is 0 Å². The summed E-state index contributed by atoms with van der Waals surface area (Å²) in [7, 11) is 1.29. The van der Waals surface area contributed by atoms with Crippen molar-refractivity contribution in [2.75, 3.05) is 6.16 Å². The van der Waals surface area contributed by atoms with Crippen LogP contribution in [0, 0.1) is 0 Å². The molecule has 5 heavy (non-hydrogen) atoms. The molecule has 0 aromatic carbocycles. The van der Waals surface area contributed by atoms with Gasteiger partial charge < -0.3 is 0 Å². The van der Waals surface area contributed by atoms with Gasteiger partial charge >= 0.3 is 0 Å². The maximum Gasteiger partial charge on any atom is -0.0262 e. The van der Waals surface area contributed by atoms with Gasteiger partial charge in [-0.1, -0.05) is 6.92 Å². The van der Waals surface area contributed by atoms with Gasteiger partial charge in [0.15, 0.2) is 0 Å². The maximum absolute atomic E-state index is 2.32. The van der Waals surface area contributed by atoms with E-state index in [-0.39, 0.29) is 0 Å². The highest BCUT2D eigenvalue weighted by molar-refractivity contribution is 7.40. The Morgan fingerprint density at radius 2 is 2.20 bits per heavy atom. The third-order valence-corrected chi connectivity index (χ3v) is 2.63. The Balaban J connectivity index is 2.08. The van der Waals surface area contributed by atoms with E-state index in [1.165, 1.54) is 21.2 Å². The summed E-state index contributed by atoms with van der Waals surface area (Å²) in [5.41, 5.74) is 1.09. The monoisotopic (exact) mass is 88.0 g/mol. The molecule has 0 aromatic heterocycles. The normalized spacial score (nSPS) is 41.4. The molecule has 1 aliphatic heterocycles. The van der Waals surface area contributed by atoms with Crippen molar-refractivity contribution in [3.05, 3.63) is 0 Å². The summed E-state index contributed by atoms with van der Waals surface area (Å²) in [4.78, 5) is 0. The molecule has 1 heteroatoms. The van der Waals surface area contributed by atoms with Gasteiger partial charge in [-0.3, -0.25) is 0 Å². The molecule has 1 aliphatic rings. The third kappa shape index (κ3) is 0.633. The predicted molar refractivity (Wildman–Crippen MR) is 27.3 cm³/mol. The van der Waals surface area contributed by atoms with Gasteiger partial charge in [-0.15, -0.1) is 8.58 Å². The van der Waals surface area contributed by atoms with Crippen LogP contribution in [0.25, 0.3) is 0 Å². The van der Waals surface area contributed by atoms with Crippen LogP contribution in [0.1, 0.15) is 13.3 Å². The van der Waals surface area contributed by atoms with Crippen molar-refractivity contribution < 1.29 is 0 Å². The first kappa shape index (κ1) is 3.61. The molecule has 0 nitrogen and oxygen atoms in total. The fourth-order valence-electron chi connectivity index (χ4n) is 0.433. The first-order chi connectivity index (χ1) is 2.39. The molecule has 0 aromatic rings. The molecule has 1 fully saturated rings. The zero-order chi connectivity index (χ0) is 3.70. The van der Waals surface area contributed by atoms with Gasteiger partial charge in [0.1, 0.15) is 0 Å². The van der Waals surface area contributed by atoms with Crippen LogP contribution in [-0.2, 0) is 0 Å². The highest BCUT2D eigenvalue weighted by Crippen LogP contribution is 2.33. The summed E-state index contributed by atoms with van der Waals surface area (Å²) in [5.74, 6) is 0. The van der Waals surface area contributed by atoms with E-state index >= 15 is 0 Å². The first-order valence-electron chi connectivity index (χ1n) is 2.13. The second-order valence-electron chi connectivity index (χ2n) is 1.64. The Kier molecular flexibility index (Phi) is 0.911. The van der Waals surface area contributed by atoms with Crippen LogP contribution in [-0.4, -0.2) is 11.8 Å². The predicted octanol–water partition coefficient (Wildman–Crippen LogP) is 1.46. The van der Waals surface area contributed by atoms with Crippen molar-refractivity contribution in [3.8, 4) is 0 Å². The molecule has 0 bridgehead atoms. The van der Waals surface area contributed by atoms with Crippen LogP contribution >= 0.6 is 8.58 Å². The van der Waals surface area contributed by atoms with Crippen molar-refractivity contribution in [1.29, 1.82) is 0 Å². The Bertz CT molecular complexity index is 30.6. The molecule has 0 saturated carbocycles. The van der Waals surface area contributed by atoms with E-state index in [0.717, 1.165) is 5.66 Å². The van der Waals surface area contributed by atoms with Gasteiger partial charge in [-0.2, -0.15) is 0 Å². The number of hydrogen-bond donors (Lipinski definition) is 0. The molecule has 2 unspecified atom stereocenters. The fourth-order valence-corrected chi connectivity index (χ4v) is 1.30. The second kappa shape index (κ2) is 1.26. The quantitative estimate of drug-likeness (QED) is 0.393. The SMILES string of the molecule is CC1CCP1. The van der Waals surface area contributed by atoms with Gasteiger partial charge in [0, 0.05) is 0 Å². The van der Waals surface area contributed by atoms with Gasteiger partial charge in [-0.25, -0.2) is 0 Å². The topological polar surface area (TPSA) is 0 Å². The van der Waals surface area contributed by atoms with Crippen molar-refractivity contribution in [2.24, 2.45) is 0 Å². The Morgan fingerprint density at radius 1 is 1.80 bits per heavy atom. The molecule has 1 saturated heterocycles. The highest BCUT2D eigenvalue weighted by Gasteiger charge is 2.08. The maximum atomic E-state index is 2.32. The summed E-state index contributed by atoms with van der Waals surface area (Å²) >= 11 is 0. The van der Waals surface area contributed by atoms with Crippen LogP contribution in [0.2, 0.25) is 0 Å². The van der Waals surface area contributed by atoms with E-state index in [4.69, 9.17) is 0 Å². The minimum Gasteiger partial charge on any atom is -0.119 e. The van der Waals surface area contributed by atoms with E-state index < -0.39 is 0 Å². The lowest BCUT2D eigenvalue weighted by molar-refractivity contribution is 0.845. The van der Waals surface area contributed by atoms with Crippen LogP contribution in [0.5, 0.6) is 0 Å². The van der Waals surface area contributed by atoms with Crippen molar-refractivity contribution in [2.45, 2.75) is 19.0 Å². The van der Waals surface area contributed by atoms with Crippen molar-refractivity contribution >= 4 is 8.58 Å². The van der Waals surface area contributed by atoms with E-state index in [0.29, 0.717) is 0 Å². The van der Waals surface area contributed by atoms with Gasteiger partial charge in [0.05, 0.1) is 0 Å². The van der Waals surface area contributed by atoms with Gasteiger partial charge in [0.25, 0.3) is 0 Å². The molecule has 0 amide bonds. The molecular weight excluding hydrogens is 79.0 g/mol. The van der Waals surface area contributed by atoms with Gasteiger partial charge in [-0.05, 0) is 18.2 Å². The summed E-state index contributed by atoms with van der Waals surface area (Å²) in [6, 6.07) is 0. The average Bonchev–Trinajstić information content (AvgIpc) is 1.30. The Morgan fingerprint density at radius 3 is 2.20 bits per heavy atom. The minimum absolute atomic E-state index is 1.09. The molecule has 1 rings (SSSR count).